The Kier molecular flexibility index (Phi) is 9.55. The summed E-state index contributed by atoms with van der Waals surface area (Å²) in [7, 11) is 0. The molecule has 0 bridgehead atoms. The zero-order valence-corrected chi connectivity index (χ0v) is 10.8. The fraction of sp³-hybridized carbons (Fsp3) is 1.00. The highest BCUT2D eigenvalue weighted by molar-refractivity contribution is 4.63. The van der Waals surface area contributed by atoms with E-state index in [0.29, 0.717) is 45.7 Å². The van der Waals surface area contributed by atoms with Gasteiger partial charge in [0.05, 0.1) is 52.9 Å². The van der Waals surface area contributed by atoms with Crippen LogP contribution in [0.1, 0.15) is 13.3 Å². The van der Waals surface area contributed by atoms with E-state index in [1.54, 1.807) is 0 Å². The Labute approximate surface area is 104 Å². The van der Waals surface area contributed by atoms with Gasteiger partial charge in [-0.05, 0) is 6.42 Å². The molecule has 0 saturated carbocycles. The van der Waals surface area contributed by atoms with Crippen LogP contribution in [-0.4, -0.2) is 65.4 Å². The Morgan fingerprint density at radius 3 is 1.94 bits per heavy atom. The van der Waals surface area contributed by atoms with Crippen molar-refractivity contribution in [2.75, 3.05) is 59.4 Å². The van der Waals surface area contributed by atoms with Crippen LogP contribution in [0, 0.1) is 0 Å². The smallest absolute Gasteiger partial charge is 0.0701 e. The zero-order valence-electron chi connectivity index (χ0n) is 10.8. The van der Waals surface area contributed by atoms with Crippen LogP contribution < -0.4 is 5.32 Å². The molecule has 1 saturated heterocycles. The molecule has 0 aromatic heterocycles. The first-order valence-electron chi connectivity index (χ1n) is 6.48. The topological polar surface area (TPSA) is 49.0 Å². The summed E-state index contributed by atoms with van der Waals surface area (Å²) in [6.07, 6.45) is 1.06. The summed E-state index contributed by atoms with van der Waals surface area (Å²) >= 11 is 0. The van der Waals surface area contributed by atoms with E-state index in [1.165, 1.54) is 0 Å². The van der Waals surface area contributed by atoms with Gasteiger partial charge in [-0.1, -0.05) is 6.92 Å². The highest BCUT2D eigenvalue weighted by Crippen LogP contribution is 1.93. The lowest BCUT2D eigenvalue weighted by Gasteiger charge is -2.16. The fourth-order valence-electron chi connectivity index (χ4n) is 1.54. The van der Waals surface area contributed by atoms with E-state index >= 15 is 0 Å². The maximum atomic E-state index is 5.54. The molecule has 1 atom stereocenters. The van der Waals surface area contributed by atoms with Crippen molar-refractivity contribution in [3.8, 4) is 0 Å². The number of hydrogen-bond donors (Lipinski definition) is 1. The SMILES string of the molecule is CC[C@H]1COCCOCCOCCOCCN1. The Balaban J connectivity index is 2.16. The van der Waals surface area contributed by atoms with Gasteiger partial charge in [-0.15, -0.1) is 0 Å². The zero-order chi connectivity index (χ0) is 12.2. The minimum absolute atomic E-state index is 0.403. The van der Waals surface area contributed by atoms with Crippen molar-refractivity contribution in [1.29, 1.82) is 0 Å². The van der Waals surface area contributed by atoms with E-state index in [0.717, 1.165) is 26.2 Å². The predicted octanol–water partition coefficient (Wildman–Crippen LogP) is 0.435. The molecule has 5 nitrogen and oxygen atoms in total. The quantitative estimate of drug-likeness (QED) is 0.728. The molecule has 0 aromatic carbocycles. The van der Waals surface area contributed by atoms with Gasteiger partial charge in [0.2, 0.25) is 0 Å². The fourth-order valence-corrected chi connectivity index (χ4v) is 1.54. The first kappa shape index (κ1) is 14.9. The second-order valence-electron chi connectivity index (χ2n) is 3.97. The van der Waals surface area contributed by atoms with Crippen molar-refractivity contribution in [1.82, 2.24) is 5.32 Å². The number of rotatable bonds is 1. The molecular formula is C12H25NO4. The second-order valence-corrected chi connectivity index (χ2v) is 3.97. The lowest BCUT2D eigenvalue weighted by molar-refractivity contribution is 0.000458. The normalized spacial score (nSPS) is 27.0. The second kappa shape index (κ2) is 10.9. The molecule has 0 aromatic rings. The molecule has 1 heterocycles. The highest BCUT2D eigenvalue weighted by atomic mass is 16.6. The molecule has 5 heteroatoms. The van der Waals surface area contributed by atoms with Crippen molar-refractivity contribution < 1.29 is 18.9 Å². The van der Waals surface area contributed by atoms with E-state index < -0.39 is 0 Å². The van der Waals surface area contributed by atoms with Gasteiger partial charge in [-0.3, -0.25) is 0 Å². The lowest BCUT2D eigenvalue weighted by Crippen LogP contribution is -2.35. The molecule has 102 valence electrons. The number of ether oxygens (including phenoxy) is 4. The van der Waals surface area contributed by atoms with Crippen LogP contribution in [0.4, 0.5) is 0 Å². The summed E-state index contributed by atoms with van der Waals surface area (Å²) in [5.41, 5.74) is 0. The molecule has 1 rings (SSSR count). The van der Waals surface area contributed by atoms with Crippen LogP contribution in [0.2, 0.25) is 0 Å². The Hall–Kier alpha value is -0.200. The van der Waals surface area contributed by atoms with E-state index in [1.807, 2.05) is 0 Å². The van der Waals surface area contributed by atoms with Crippen LogP contribution in [0.25, 0.3) is 0 Å². The third-order valence-electron chi connectivity index (χ3n) is 2.61. The molecule has 0 spiro atoms. The molecule has 0 aliphatic carbocycles. The molecule has 0 radical (unpaired) electrons. The monoisotopic (exact) mass is 247 g/mol. The summed E-state index contributed by atoms with van der Waals surface area (Å²) in [5, 5.41) is 3.41. The molecule has 1 aliphatic rings. The van der Waals surface area contributed by atoms with Gasteiger partial charge in [0, 0.05) is 12.6 Å². The van der Waals surface area contributed by atoms with Gasteiger partial charge in [0.15, 0.2) is 0 Å². The third kappa shape index (κ3) is 8.51. The van der Waals surface area contributed by atoms with Crippen molar-refractivity contribution >= 4 is 0 Å². The van der Waals surface area contributed by atoms with Crippen LogP contribution in [0.15, 0.2) is 0 Å². The minimum atomic E-state index is 0.403. The third-order valence-corrected chi connectivity index (χ3v) is 2.61. The summed E-state index contributed by atoms with van der Waals surface area (Å²) in [6, 6.07) is 0.403. The lowest BCUT2D eigenvalue weighted by atomic mass is 10.2. The maximum absolute atomic E-state index is 5.54. The van der Waals surface area contributed by atoms with Gasteiger partial charge in [-0.25, -0.2) is 0 Å². The van der Waals surface area contributed by atoms with Crippen LogP contribution in [0.3, 0.4) is 0 Å². The van der Waals surface area contributed by atoms with Gasteiger partial charge in [0.25, 0.3) is 0 Å². The van der Waals surface area contributed by atoms with Gasteiger partial charge < -0.3 is 24.3 Å². The molecule has 0 amide bonds. The summed E-state index contributed by atoms with van der Waals surface area (Å²) in [4.78, 5) is 0. The van der Waals surface area contributed by atoms with Crippen molar-refractivity contribution in [2.24, 2.45) is 0 Å². The minimum Gasteiger partial charge on any atom is -0.378 e. The van der Waals surface area contributed by atoms with Crippen molar-refractivity contribution in [3.05, 3.63) is 0 Å². The van der Waals surface area contributed by atoms with Crippen molar-refractivity contribution in [2.45, 2.75) is 19.4 Å². The standard InChI is InChI=1S/C12H25NO4/c1-2-12-11-17-10-9-16-8-7-15-6-5-14-4-3-13-12/h12-13H,2-11H2,1H3/t12-/m0/s1. The van der Waals surface area contributed by atoms with Gasteiger partial charge in [-0.2, -0.15) is 0 Å². The van der Waals surface area contributed by atoms with Crippen LogP contribution >= 0.6 is 0 Å². The summed E-state index contributed by atoms with van der Waals surface area (Å²) in [5.74, 6) is 0. The number of nitrogens with one attached hydrogen (secondary N) is 1. The molecule has 1 aliphatic heterocycles. The molecule has 1 N–H and O–H groups in total. The molecule has 0 unspecified atom stereocenters. The van der Waals surface area contributed by atoms with Crippen LogP contribution in [-0.2, 0) is 18.9 Å². The molecular weight excluding hydrogens is 222 g/mol. The first-order valence-corrected chi connectivity index (χ1v) is 6.48. The average molecular weight is 247 g/mol. The van der Waals surface area contributed by atoms with E-state index in [4.69, 9.17) is 18.9 Å². The van der Waals surface area contributed by atoms with Gasteiger partial charge >= 0.3 is 0 Å². The predicted molar refractivity (Wildman–Crippen MR) is 65.4 cm³/mol. The molecule has 17 heavy (non-hydrogen) atoms. The first-order chi connectivity index (χ1) is 8.43. The van der Waals surface area contributed by atoms with E-state index in [9.17, 15) is 0 Å². The van der Waals surface area contributed by atoms with E-state index in [-0.39, 0.29) is 0 Å². The Bertz CT molecular complexity index is 153. The average Bonchev–Trinajstić information content (AvgIpc) is 2.36. The largest absolute Gasteiger partial charge is 0.378 e. The van der Waals surface area contributed by atoms with Crippen LogP contribution in [0.5, 0.6) is 0 Å². The highest BCUT2D eigenvalue weighted by Gasteiger charge is 2.05. The Morgan fingerprint density at radius 1 is 0.824 bits per heavy atom. The van der Waals surface area contributed by atoms with Gasteiger partial charge in [0.1, 0.15) is 0 Å². The van der Waals surface area contributed by atoms with Crippen molar-refractivity contribution in [3.63, 3.8) is 0 Å². The Morgan fingerprint density at radius 2 is 1.35 bits per heavy atom. The summed E-state index contributed by atoms with van der Waals surface area (Å²) < 4.78 is 21.7. The van der Waals surface area contributed by atoms with E-state index in [2.05, 4.69) is 12.2 Å². The molecule has 1 fully saturated rings. The summed E-state index contributed by atoms with van der Waals surface area (Å²) in [6.45, 7) is 8.28. The number of hydrogen-bond acceptors (Lipinski definition) is 5. The maximum Gasteiger partial charge on any atom is 0.0701 e.